The Labute approximate surface area is 173 Å². The van der Waals surface area contributed by atoms with Gasteiger partial charge in [0.2, 0.25) is 5.91 Å². The first-order valence-electron chi connectivity index (χ1n) is 9.61. The topological polar surface area (TPSA) is 90.3 Å². The number of nitriles is 1. The summed E-state index contributed by atoms with van der Waals surface area (Å²) in [6.45, 7) is 7.41. The average molecular weight is 414 g/mol. The molecule has 6 nitrogen and oxygen atoms in total. The lowest BCUT2D eigenvalue weighted by atomic mass is 10.1. The zero-order valence-electron chi connectivity index (χ0n) is 16.9. The summed E-state index contributed by atoms with van der Waals surface area (Å²) in [5.74, 6) is -1.31. The van der Waals surface area contributed by atoms with Crippen LogP contribution in [-0.2, 0) is 33.5 Å². The zero-order valence-corrected chi connectivity index (χ0v) is 17.7. The van der Waals surface area contributed by atoms with Crippen molar-refractivity contribution in [3.05, 3.63) is 70.8 Å². The number of hydrogen-bond acceptors (Lipinski definition) is 5. The fraction of sp³-hybridized carbons (Fsp3) is 0.364. The molecule has 0 heterocycles. The Morgan fingerprint density at radius 3 is 2.07 bits per heavy atom. The third kappa shape index (κ3) is 7.68. The molecule has 2 aromatic carbocycles. The molecule has 0 radical (unpaired) electrons. The van der Waals surface area contributed by atoms with Gasteiger partial charge in [-0.1, -0.05) is 50.2 Å². The third-order valence-electron chi connectivity index (χ3n) is 4.63. The van der Waals surface area contributed by atoms with E-state index < -0.39 is 21.5 Å². The zero-order chi connectivity index (χ0) is 21.3. The molecule has 154 valence electrons. The van der Waals surface area contributed by atoms with E-state index in [2.05, 4.69) is 24.1 Å². The van der Waals surface area contributed by atoms with Gasteiger partial charge in [-0.2, -0.15) is 5.26 Å². The van der Waals surface area contributed by atoms with E-state index in [9.17, 15) is 13.2 Å². The first-order valence-corrected chi connectivity index (χ1v) is 11.4. The maximum Gasteiger partial charge on any atom is 0.235 e. The van der Waals surface area contributed by atoms with E-state index in [-0.39, 0.29) is 12.3 Å². The van der Waals surface area contributed by atoms with Gasteiger partial charge >= 0.3 is 0 Å². The first kappa shape index (κ1) is 22.6. The summed E-state index contributed by atoms with van der Waals surface area (Å²) in [5, 5.41) is 11.5. The van der Waals surface area contributed by atoms with Crippen molar-refractivity contribution < 1.29 is 13.2 Å². The summed E-state index contributed by atoms with van der Waals surface area (Å²) in [4.78, 5) is 14.4. The van der Waals surface area contributed by atoms with Gasteiger partial charge in [0, 0.05) is 13.1 Å². The molecule has 0 bridgehead atoms. The molecular weight excluding hydrogens is 386 g/mol. The molecule has 0 aliphatic carbocycles. The quantitative estimate of drug-likeness (QED) is 0.647. The minimum atomic E-state index is -3.58. The van der Waals surface area contributed by atoms with Gasteiger partial charge in [-0.3, -0.25) is 9.69 Å². The second kappa shape index (κ2) is 10.7. The van der Waals surface area contributed by atoms with Crippen LogP contribution in [0.15, 0.2) is 48.5 Å². The van der Waals surface area contributed by atoms with Gasteiger partial charge in [0.05, 0.1) is 17.4 Å². The molecule has 2 aromatic rings. The number of hydrogen-bond donors (Lipinski definition) is 1. The summed E-state index contributed by atoms with van der Waals surface area (Å²) in [7, 11) is -3.58. The molecule has 0 unspecified atom stereocenters. The molecule has 0 spiro atoms. The van der Waals surface area contributed by atoms with Crippen molar-refractivity contribution in [3.63, 3.8) is 0 Å². The van der Waals surface area contributed by atoms with E-state index in [0.29, 0.717) is 11.1 Å². The lowest BCUT2D eigenvalue weighted by molar-refractivity contribution is -0.118. The minimum absolute atomic E-state index is 0.230. The summed E-state index contributed by atoms with van der Waals surface area (Å²) >= 11 is 0. The molecule has 0 saturated heterocycles. The molecule has 0 aliphatic rings. The second-order valence-electron chi connectivity index (χ2n) is 6.90. The maximum atomic E-state index is 12.2. The number of nitrogens with zero attached hydrogens (tertiary/aromatic N) is 2. The van der Waals surface area contributed by atoms with Crippen molar-refractivity contribution in [2.75, 3.05) is 18.8 Å². The molecule has 0 atom stereocenters. The highest BCUT2D eigenvalue weighted by atomic mass is 32.2. The van der Waals surface area contributed by atoms with Gasteiger partial charge in [0.1, 0.15) is 5.75 Å². The Bertz CT molecular complexity index is 942. The van der Waals surface area contributed by atoms with Crippen LogP contribution >= 0.6 is 0 Å². The Balaban J connectivity index is 1.84. The number of sulfone groups is 1. The Morgan fingerprint density at radius 2 is 1.52 bits per heavy atom. The highest BCUT2D eigenvalue weighted by Crippen LogP contribution is 2.10. The lowest BCUT2D eigenvalue weighted by Crippen LogP contribution is -2.30. The SMILES string of the molecule is CCN(CC)Cc1ccc(CNC(=O)CS(=O)(=O)Cc2ccc(C#N)cc2)cc1. The molecule has 0 aromatic heterocycles. The van der Waals surface area contributed by atoms with Crippen LogP contribution in [0.4, 0.5) is 0 Å². The van der Waals surface area contributed by atoms with Crippen LogP contribution in [0.5, 0.6) is 0 Å². The van der Waals surface area contributed by atoms with E-state index in [1.165, 1.54) is 5.56 Å². The van der Waals surface area contributed by atoms with Crippen molar-refractivity contribution >= 4 is 15.7 Å². The van der Waals surface area contributed by atoms with Crippen LogP contribution in [-0.4, -0.2) is 38.1 Å². The number of rotatable bonds is 10. The van der Waals surface area contributed by atoms with E-state index in [1.54, 1.807) is 24.3 Å². The van der Waals surface area contributed by atoms with Gasteiger partial charge in [-0.25, -0.2) is 8.42 Å². The summed E-state index contributed by atoms with van der Waals surface area (Å²) in [6, 6.07) is 16.3. The molecule has 2 rings (SSSR count). The maximum absolute atomic E-state index is 12.2. The fourth-order valence-corrected chi connectivity index (χ4v) is 4.20. The van der Waals surface area contributed by atoms with Crippen LogP contribution in [0, 0.1) is 11.3 Å². The number of nitrogens with one attached hydrogen (secondary N) is 1. The van der Waals surface area contributed by atoms with Gasteiger partial charge in [-0.05, 0) is 41.9 Å². The average Bonchev–Trinajstić information content (AvgIpc) is 2.71. The molecule has 1 N–H and O–H groups in total. The van der Waals surface area contributed by atoms with Crippen molar-refractivity contribution in [3.8, 4) is 6.07 Å². The predicted molar refractivity (Wildman–Crippen MR) is 114 cm³/mol. The normalized spacial score (nSPS) is 11.2. The predicted octanol–water partition coefficient (Wildman–Crippen LogP) is 2.63. The van der Waals surface area contributed by atoms with E-state index in [1.807, 2.05) is 30.3 Å². The van der Waals surface area contributed by atoms with Crippen LogP contribution in [0.2, 0.25) is 0 Å². The summed E-state index contributed by atoms with van der Waals surface area (Å²) in [6.07, 6.45) is 0. The Hall–Kier alpha value is -2.69. The van der Waals surface area contributed by atoms with Crippen molar-refractivity contribution in [2.45, 2.75) is 32.7 Å². The largest absolute Gasteiger partial charge is 0.351 e. The first-order chi connectivity index (χ1) is 13.8. The van der Waals surface area contributed by atoms with Gasteiger partial charge in [0.25, 0.3) is 0 Å². The van der Waals surface area contributed by atoms with Crippen LogP contribution < -0.4 is 5.32 Å². The Morgan fingerprint density at radius 1 is 0.966 bits per heavy atom. The van der Waals surface area contributed by atoms with Crippen molar-refractivity contribution in [2.24, 2.45) is 0 Å². The number of benzene rings is 2. The fourth-order valence-electron chi connectivity index (χ4n) is 2.90. The van der Waals surface area contributed by atoms with Crippen molar-refractivity contribution in [1.29, 1.82) is 5.26 Å². The van der Waals surface area contributed by atoms with Gasteiger partial charge in [0.15, 0.2) is 9.84 Å². The Kier molecular flexibility index (Phi) is 8.37. The third-order valence-corrected chi connectivity index (χ3v) is 6.11. The highest BCUT2D eigenvalue weighted by molar-refractivity contribution is 7.91. The van der Waals surface area contributed by atoms with Gasteiger partial charge in [-0.15, -0.1) is 0 Å². The molecular formula is C22H27N3O3S. The molecule has 0 saturated carbocycles. The van der Waals surface area contributed by atoms with Crippen LogP contribution in [0.3, 0.4) is 0 Å². The van der Waals surface area contributed by atoms with Crippen LogP contribution in [0.1, 0.15) is 36.1 Å². The molecule has 29 heavy (non-hydrogen) atoms. The molecule has 0 aliphatic heterocycles. The summed E-state index contributed by atoms with van der Waals surface area (Å²) < 4.78 is 24.5. The summed E-state index contributed by atoms with van der Waals surface area (Å²) in [5.41, 5.74) is 3.15. The standard InChI is InChI=1S/C22H27N3O3S/c1-3-25(4-2)15-20-9-7-19(8-10-20)14-24-22(26)17-29(27,28)16-21-11-5-18(13-23)6-12-21/h5-12H,3-4,14-17H2,1-2H3,(H,24,26). The highest BCUT2D eigenvalue weighted by Gasteiger charge is 2.17. The number of carbonyl (C=O) groups excluding carboxylic acids is 1. The monoisotopic (exact) mass is 413 g/mol. The molecule has 1 amide bonds. The minimum Gasteiger partial charge on any atom is -0.351 e. The van der Waals surface area contributed by atoms with E-state index >= 15 is 0 Å². The smallest absolute Gasteiger partial charge is 0.235 e. The van der Waals surface area contributed by atoms with Crippen molar-refractivity contribution in [1.82, 2.24) is 10.2 Å². The second-order valence-corrected chi connectivity index (χ2v) is 8.96. The lowest BCUT2D eigenvalue weighted by Gasteiger charge is -2.18. The van der Waals surface area contributed by atoms with E-state index in [0.717, 1.165) is 25.2 Å². The number of amides is 1. The molecule has 0 fully saturated rings. The van der Waals surface area contributed by atoms with Crippen LogP contribution in [0.25, 0.3) is 0 Å². The van der Waals surface area contributed by atoms with Gasteiger partial charge < -0.3 is 5.32 Å². The van der Waals surface area contributed by atoms with E-state index in [4.69, 9.17) is 5.26 Å². The number of carbonyl (C=O) groups is 1. The molecule has 7 heteroatoms.